The van der Waals surface area contributed by atoms with Gasteiger partial charge in [0.25, 0.3) is 0 Å². The molecular weight excluding hydrogens is 653 g/mol. The Labute approximate surface area is 287 Å². The van der Waals surface area contributed by atoms with Crippen molar-refractivity contribution in [3.63, 3.8) is 0 Å². The fourth-order valence-corrected chi connectivity index (χ4v) is 6.70. The Morgan fingerprint density at radius 2 is 1.44 bits per heavy atom. The number of hydrogen-bond acceptors (Lipinski definition) is 7. The van der Waals surface area contributed by atoms with E-state index in [0.29, 0.717) is 47.9 Å². The highest BCUT2D eigenvalue weighted by molar-refractivity contribution is 5.71. The zero-order valence-electron chi connectivity index (χ0n) is 28.9. The number of carbonyl (C=O) groups excluding carboxylic acids is 1. The van der Waals surface area contributed by atoms with Crippen LogP contribution in [0, 0.1) is 0 Å². The van der Waals surface area contributed by atoms with E-state index in [4.69, 9.17) is 4.74 Å². The van der Waals surface area contributed by atoms with Gasteiger partial charge in [0, 0.05) is 47.7 Å². The molecule has 0 aliphatic carbocycles. The Morgan fingerprint density at radius 1 is 0.840 bits per heavy atom. The minimum atomic E-state index is -4.77. The highest BCUT2D eigenvalue weighted by Crippen LogP contribution is 2.44. The van der Waals surface area contributed by atoms with Crippen LogP contribution in [0.1, 0.15) is 96.7 Å². The van der Waals surface area contributed by atoms with Gasteiger partial charge in [-0.25, -0.2) is 29.5 Å². The van der Waals surface area contributed by atoms with Gasteiger partial charge < -0.3 is 19.4 Å². The number of benzene rings is 1. The number of aromatic nitrogens is 6. The Hall–Kier alpha value is -4.95. The highest BCUT2D eigenvalue weighted by Gasteiger charge is 2.44. The van der Waals surface area contributed by atoms with Gasteiger partial charge in [0.15, 0.2) is 11.5 Å². The maximum absolute atomic E-state index is 14.5. The standard InChI is InChI=1S/C35H41F3N8O4/c1-33(2,3)46-26(27(35(36,37)38)43-30(46)25-10-8-15-44(25)31(47)48)20-11-13-21(14-12-20)28-39-17-22(18-40-28)23-19-41-29(42-23)24-9-7-16-45(24)32(49)50-34(4,5)6/h11-14,17-19,24-25H,7-10,15-16H2,1-6H3,(H,41,42)(H,47,48)/t24-,25-/m0/s1. The summed E-state index contributed by atoms with van der Waals surface area (Å²) in [5, 5.41) is 9.75. The molecule has 0 radical (unpaired) electrons. The molecule has 5 heterocycles. The zero-order chi connectivity index (χ0) is 36.2. The second-order valence-corrected chi connectivity index (χ2v) is 14.7. The van der Waals surface area contributed by atoms with Gasteiger partial charge in [-0.1, -0.05) is 24.3 Å². The molecule has 2 amide bonds. The van der Waals surface area contributed by atoms with Crippen molar-refractivity contribution in [1.29, 1.82) is 0 Å². The quantitative estimate of drug-likeness (QED) is 0.214. The van der Waals surface area contributed by atoms with E-state index >= 15 is 0 Å². The van der Waals surface area contributed by atoms with Crippen LogP contribution < -0.4 is 0 Å². The maximum atomic E-state index is 14.5. The molecule has 2 aliphatic rings. The SMILES string of the molecule is CC(C)(C)OC(=O)N1CCC[C@H]1c1ncc(-c2cnc(-c3ccc(-c4c(C(F)(F)F)nc([C@@H]5CCCN5C(=O)O)n4C(C)(C)C)cc3)nc2)[nH]1. The largest absolute Gasteiger partial charge is 0.465 e. The summed E-state index contributed by atoms with van der Waals surface area (Å²) in [7, 11) is 0. The first-order chi connectivity index (χ1) is 23.4. The van der Waals surface area contributed by atoms with Crippen LogP contribution in [0.25, 0.3) is 33.9 Å². The van der Waals surface area contributed by atoms with Crippen molar-refractivity contribution in [2.24, 2.45) is 0 Å². The number of nitrogens with one attached hydrogen (secondary N) is 1. The molecule has 50 heavy (non-hydrogen) atoms. The third-order valence-corrected chi connectivity index (χ3v) is 8.81. The molecule has 0 saturated carbocycles. The molecular formula is C35H41F3N8O4. The van der Waals surface area contributed by atoms with Crippen molar-refractivity contribution in [2.75, 3.05) is 13.1 Å². The third kappa shape index (κ3) is 6.90. The van der Waals surface area contributed by atoms with Crippen LogP contribution in [-0.4, -0.2) is 75.3 Å². The lowest BCUT2D eigenvalue weighted by atomic mass is 10.0. The number of ether oxygens (including phenoxy) is 1. The number of carbonyl (C=O) groups is 2. The van der Waals surface area contributed by atoms with E-state index in [9.17, 15) is 27.9 Å². The van der Waals surface area contributed by atoms with Crippen molar-refractivity contribution in [2.45, 2.75) is 96.6 Å². The van der Waals surface area contributed by atoms with Crippen LogP contribution in [0.15, 0.2) is 42.9 Å². The van der Waals surface area contributed by atoms with Crippen molar-refractivity contribution in [3.8, 4) is 33.9 Å². The number of likely N-dealkylation sites (tertiary alicyclic amines) is 2. The van der Waals surface area contributed by atoms with Crippen LogP contribution in [-0.2, 0) is 16.5 Å². The van der Waals surface area contributed by atoms with Gasteiger partial charge in [-0.3, -0.25) is 9.80 Å². The number of H-pyrrole nitrogens is 1. The topological polar surface area (TPSA) is 142 Å². The van der Waals surface area contributed by atoms with Crippen LogP contribution in [0.5, 0.6) is 0 Å². The number of nitrogens with zero attached hydrogens (tertiary/aromatic N) is 7. The number of imidazole rings is 2. The molecule has 2 saturated heterocycles. The predicted octanol–water partition coefficient (Wildman–Crippen LogP) is 8.06. The molecule has 1 aromatic carbocycles. The molecule has 0 unspecified atom stereocenters. The van der Waals surface area contributed by atoms with Crippen molar-refractivity contribution in [3.05, 3.63) is 60.2 Å². The van der Waals surface area contributed by atoms with E-state index in [1.54, 1.807) is 68.5 Å². The minimum absolute atomic E-state index is 0.0789. The van der Waals surface area contributed by atoms with Crippen LogP contribution in [0.2, 0.25) is 0 Å². The Bertz CT molecular complexity index is 1870. The van der Waals surface area contributed by atoms with E-state index < -0.39 is 35.1 Å². The average molecular weight is 695 g/mol. The van der Waals surface area contributed by atoms with Gasteiger partial charge in [0.2, 0.25) is 0 Å². The van der Waals surface area contributed by atoms with Gasteiger partial charge in [-0.15, -0.1) is 0 Å². The minimum Gasteiger partial charge on any atom is -0.465 e. The number of carboxylic acid groups (broad SMARTS) is 1. The molecule has 2 fully saturated rings. The molecule has 2 aliphatic heterocycles. The lowest BCUT2D eigenvalue weighted by molar-refractivity contribution is -0.140. The monoisotopic (exact) mass is 694 g/mol. The molecule has 0 spiro atoms. The smallest absolute Gasteiger partial charge is 0.435 e. The maximum Gasteiger partial charge on any atom is 0.435 e. The van der Waals surface area contributed by atoms with Gasteiger partial charge in [0.05, 0.1) is 29.7 Å². The van der Waals surface area contributed by atoms with E-state index in [0.717, 1.165) is 17.7 Å². The van der Waals surface area contributed by atoms with E-state index in [-0.39, 0.29) is 35.8 Å². The van der Waals surface area contributed by atoms with Gasteiger partial charge in [0.1, 0.15) is 17.2 Å². The molecule has 12 nitrogen and oxygen atoms in total. The fraction of sp³-hybridized carbons (Fsp3) is 0.486. The first-order valence-electron chi connectivity index (χ1n) is 16.6. The Balaban J connectivity index is 1.26. The zero-order valence-corrected chi connectivity index (χ0v) is 28.9. The van der Waals surface area contributed by atoms with Crippen LogP contribution in [0.4, 0.5) is 22.8 Å². The summed E-state index contributed by atoms with van der Waals surface area (Å²) in [5.41, 5.74) is -0.414. The first kappa shape index (κ1) is 34.9. The third-order valence-electron chi connectivity index (χ3n) is 8.81. The number of aromatic amines is 1. The molecule has 0 bridgehead atoms. The van der Waals surface area contributed by atoms with E-state index in [1.165, 1.54) is 4.57 Å². The lowest BCUT2D eigenvalue weighted by Gasteiger charge is -2.30. The van der Waals surface area contributed by atoms with Crippen LogP contribution in [0.3, 0.4) is 0 Å². The summed E-state index contributed by atoms with van der Waals surface area (Å²) in [6.45, 7) is 11.6. The summed E-state index contributed by atoms with van der Waals surface area (Å²) in [6.07, 6.45) is 1.09. The average Bonchev–Trinajstić information content (AvgIpc) is 3.84. The number of hydrogen-bond donors (Lipinski definition) is 2. The lowest BCUT2D eigenvalue weighted by Crippen LogP contribution is -2.36. The Morgan fingerprint density at radius 3 is 2.02 bits per heavy atom. The molecule has 15 heteroatoms. The molecule has 2 atom stereocenters. The molecule has 4 aromatic rings. The number of halogens is 3. The second kappa shape index (κ2) is 12.7. The Kier molecular flexibility index (Phi) is 8.89. The molecule has 3 aromatic heterocycles. The number of rotatable bonds is 5. The van der Waals surface area contributed by atoms with Crippen molar-refractivity contribution >= 4 is 12.2 Å². The van der Waals surface area contributed by atoms with Gasteiger partial charge in [-0.05, 0) is 67.2 Å². The van der Waals surface area contributed by atoms with E-state index in [1.807, 2.05) is 20.8 Å². The second-order valence-electron chi connectivity index (χ2n) is 14.7. The number of alkyl halides is 3. The van der Waals surface area contributed by atoms with E-state index in [2.05, 4.69) is 24.9 Å². The first-order valence-corrected chi connectivity index (χ1v) is 16.6. The van der Waals surface area contributed by atoms with Crippen molar-refractivity contribution in [1.82, 2.24) is 39.3 Å². The fourth-order valence-electron chi connectivity index (χ4n) is 6.70. The normalized spacial score (nSPS) is 18.6. The van der Waals surface area contributed by atoms with Crippen molar-refractivity contribution < 1.29 is 32.6 Å². The molecule has 6 rings (SSSR count). The highest BCUT2D eigenvalue weighted by atomic mass is 19.4. The van der Waals surface area contributed by atoms with Gasteiger partial charge in [-0.2, -0.15) is 13.2 Å². The summed E-state index contributed by atoms with van der Waals surface area (Å²) in [6, 6.07) is 5.43. The molecule has 2 N–H and O–H groups in total. The molecule has 266 valence electrons. The predicted molar refractivity (Wildman–Crippen MR) is 178 cm³/mol. The van der Waals surface area contributed by atoms with Crippen LogP contribution >= 0.6 is 0 Å². The number of amides is 2. The summed E-state index contributed by atoms with van der Waals surface area (Å²) < 4.78 is 50.7. The van der Waals surface area contributed by atoms with Gasteiger partial charge >= 0.3 is 18.4 Å². The summed E-state index contributed by atoms with van der Waals surface area (Å²) in [5.74, 6) is 1.09. The summed E-state index contributed by atoms with van der Waals surface area (Å²) >= 11 is 0. The summed E-state index contributed by atoms with van der Waals surface area (Å²) in [4.78, 5) is 48.5.